The van der Waals surface area contributed by atoms with Crippen LogP contribution in [0, 0.1) is 3.57 Å². The van der Waals surface area contributed by atoms with Crippen molar-refractivity contribution in [2.45, 2.75) is 10.9 Å². The van der Waals surface area contributed by atoms with Gasteiger partial charge in [-0.2, -0.15) is 3.97 Å². The summed E-state index contributed by atoms with van der Waals surface area (Å²) in [4.78, 5) is 36.7. The van der Waals surface area contributed by atoms with Gasteiger partial charge >= 0.3 is 5.69 Å². The molecule has 0 spiro atoms. The van der Waals surface area contributed by atoms with Crippen LogP contribution in [0.3, 0.4) is 0 Å². The van der Waals surface area contributed by atoms with Gasteiger partial charge in [0, 0.05) is 47.8 Å². The molecule has 1 amide bonds. The predicted molar refractivity (Wildman–Crippen MR) is 172 cm³/mol. The van der Waals surface area contributed by atoms with Gasteiger partial charge < -0.3 is 14.5 Å². The lowest BCUT2D eigenvalue weighted by Gasteiger charge is -2.37. The number of benzene rings is 3. The Balaban J connectivity index is 1.47. The maximum Gasteiger partial charge on any atom is 0.344 e. The quantitative estimate of drug-likeness (QED) is 0.236. The zero-order valence-corrected chi connectivity index (χ0v) is 26.2. The van der Waals surface area contributed by atoms with Gasteiger partial charge in [-0.25, -0.2) is 13.2 Å². The lowest BCUT2D eigenvalue weighted by Crippen LogP contribution is -2.51. The van der Waals surface area contributed by atoms with E-state index in [0.29, 0.717) is 43.0 Å². The zero-order chi connectivity index (χ0) is 30.1. The first-order valence-corrected chi connectivity index (χ1v) is 16.1. The van der Waals surface area contributed by atoms with Crippen LogP contribution < -0.4 is 15.3 Å². The number of hydrogen-bond acceptors (Lipinski definition) is 7. The largest absolute Gasteiger partial charge is 0.497 e. The van der Waals surface area contributed by atoms with Crippen molar-refractivity contribution in [3.8, 4) is 5.75 Å². The van der Waals surface area contributed by atoms with E-state index in [0.717, 1.165) is 13.2 Å². The third-order valence-corrected chi connectivity index (χ3v) is 9.99. The third kappa shape index (κ3) is 5.40. The van der Waals surface area contributed by atoms with Crippen LogP contribution in [0.1, 0.15) is 11.6 Å². The van der Waals surface area contributed by atoms with Crippen molar-refractivity contribution in [2.24, 2.45) is 0 Å². The Kier molecular flexibility index (Phi) is 7.97. The first-order valence-electron chi connectivity index (χ1n) is 13.6. The highest BCUT2D eigenvalue weighted by molar-refractivity contribution is 14.1. The standard InChI is InChI=1S/C31H28IN5O5S/c1-42-25-8-10-26(11-9-25)43(40,41)37-27-12-7-23(32)21-28(27)36(31(37)39)29(22-5-3-2-4-6-22)30(38)35-19-17-34(18-20-35)24-13-15-33-16-14-24/h2-16,21,29H,17-20H2,1H3. The number of anilines is 1. The van der Waals surface area contributed by atoms with Gasteiger partial charge in [0.15, 0.2) is 0 Å². The number of hydrogen-bond donors (Lipinski definition) is 0. The minimum absolute atomic E-state index is 0.0668. The fourth-order valence-corrected chi connectivity index (χ4v) is 7.32. The number of carbonyl (C=O) groups is 1. The normalized spacial score (nSPS) is 14.6. The summed E-state index contributed by atoms with van der Waals surface area (Å²) in [6, 6.07) is 22.8. The van der Waals surface area contributed by atoms with Gasteiger partial charge in [-0.3, -0.25) is 14.3 Å². The molecule has 10 nitrogen and oxygen atoms in total. The van der Waals surface area contributed by atoms with Crippen LogP contribution in [-0.4, -0.2) is 66.0 Å². The first-order chi connectivity index (χ1) is 20.8. The number of halogens is 1. The Morgan fingerprint density at radius 1 is 0.884 bits per heavy atom. The van der Waals surface area contributed by atoms with E-state index in [1.54, 1.807) is 59.8 Å². The van der Waals surface area contributed by atoms with Gasteiger partial charge in [0.2, 0.25) is 0 Å². The van der Waals surface area contributed by atoms with E-state index in [1.807, 2.05) is 18.2 Å². The lowest BCUT2D eigenvalue weighted by molar-refractivity contribution is -0.133. The summed E-state index contributed by atoms with van der Waals surface area (Å²) in [6.07, 6.45) is 3.48. The summed E-state index contributed by atoms with van der Waals surface area (Å²) in [5, 5.41) is 0. The fraction of sp³-hybridized carbons (Fsp3) is 0.194. The molecule has 12 heteroatoms. The Morgan fingerprint density at radius 2 is 1.56 bits per heavy atom. The average Bonchev–Trinajstić information content (AvgIpc) is 3.33. The minimum Gasteiger partial charge on any atom is -0.497 e. The van der Waals surface area contributed by atoms with Gasteiger partial charge in [0.25, 0.3) is 15.9 Å². The topological polar surface area (TPSA) is 107 Å². The van der Waals surface area contributed by atoms with E-state index >= 15 is 0 Å². The van der Waals surface area contributed by atoms with Gasteiger partial charge in [-0.15, -0.1) is 0 Å². The van der Waals surface area contributed by atoms with Crippen molar-refractivity contribution in [1.29, 1.82) is 0 Å². The van der Waals surface area contributed by atoms with Crippen LogP contribution in [-0.2, 0) is 14.8 Å². The molecule has 1 atom stereocenters. The molecule has 0 bridgehead atoms. The smallest absolute Gasteiger partial charge is 0.344 e. The van der Waals surface area contributed by atoms with E-state index < -0.39 is 21.8 Å². The van der Waals surface area contributed by atoms with Crippen LogP contribution in [0.2, 0.25) is 0 Å². The van der Waals surface area contributed by atoms with Crippen LogP contribution in [0.4, 0.5) is 5.69 Å². The van der Waals surface area contributed by atoms with Gasteiger partial charge in [0.1, 0.15) is 11.8 Å². The highest BCUT2D eigenvalue weighted by atomic mass is 127. The van der Waals surface area contributed by atoms with Crippen molar-refractivity contribution in [3.05, 3.63) is 117 Å². The Morgan fingerprint density at radius 3 is 2.21 bits per heavy atom. The Hall–Kier alpha value is -4.17. The number of pyridine rings is 1. The molecular formula is C31H28IN5O5S. The molecular weight excluding hydrogens is 681 g/mol. The summed E-state index contributed by atoms with van der Waals surface area (Å²) >= 11 is 2.12. The average molecular weight is 710 g/mol. The number of rotatable bonds is 7. The maximum atomic E-state index is 14.4. The number of piperazine rings is 1. The molecule has 6 rings (SSSR count). The van der Waals surface area contributed by atoms with Crippen LogP contribution in [0.5, 0.6) is 5.75 Å². The van der Waals surface area contributed by atoms with Gasteiger partial charge in [-0.1, -0.05) is 30.3 Å². The second-order valence-electron chi connectivity index (χ2n) is 10.1. The van der Waals surface area contributed by atoms with E-state index in [9.17, 15) is 18.0 Å². The van der Waals surface area contributed by atoms with E-state index in [-0.39, 0.29) is 16.3 Å². The van der Waals surface area contributed by atoms with Crippen molar-refractivity contribution < 1.29 is 17.9 Å². The van der Waals surface area contributed by atoms with Crippen molar-refractivity contribution in [1.82, 2.24) is 18.4 Å². The Labute approximate surface area is 262 Å². The number of carbonyl (C=O) groups excluding carboxylic acids is 1. The molecule has 1 aliphatic rings. The van der Waals surface area contributed by atoms with E-state index in [1.165, 1.54) is 35.9 Å². The van der Waals surface area contributed by atoms with Crippen LogP contribution in [0.15, 0.2) is 107 Å². The molecule has 1 unspecified atom stereocenters. The molecule has 3 heterocycles. The number of nitrogens with zero attached hydrogens (tertiary/aromatic N) is 5. The van der Waals surface area contributed by atoms with Crippen molar-refractivity contribution in [2.75, 3.05) is 38.2 Å². The number of fused-ring (bicyclic) bond motifs is 1. The molecule has 5 aromatic rings. The van der Waals surface area contributed by atoms with E-state index in [4.69, 9.17) is 4.74 Å². The number of aromatic nitrogens is 3. The first kappa shape index (κ1) is 28.9. The number of ether oxygens (including phenoxy) is 1. The molecule has 0 aliphatic carbocycles. The fourth-order valence-electron chi connectivity index (χ4n) is 5.45. The molecule has 1 aliphatic heterocycles. The summed E-state index contributed by atoms with van der Waals surface area (Å²) in [6.45, 7) is 2.11. The SMILES string of the molecule is COc1ccc(S(=O)(=O)n2c(=O)n(C(C(=O)N3CCN(c4ccncc4)CC3)c3ccccc3)c3cc(I)ccc32)cc1. The molecule has 220 valence electrons. The number of imidazole rings is 1. The van der Waals surface area contributed by atoms with Gasteiger partial charge in [-0.05, 0) is 82.8 Å². The molecule has 2 aromatic heterocycles. The number of methoxy groups -OCH3 is 1. The molecule has 0 radical (unpaired) electrons. The Bertz CT molecular complexity index is 1940. The molecule has 0 saturated carbocycles. The molecule has 43 heavy (non-hydrogen) atoms. The summed E-state index contributed by atoms with van der Waals surface area (Å²) < 4.78 is 36.0. The second kappa shape index (κ2) is 11.8. The van der Waals surface area contributed by atoms with E-state index in [2.05, 4.69) is 32.5 Å². The second-order valence-corrected chi connectivity index (χ2v) is 13.1. The summed E-state index contributed by atoms with van der Waals surface area (Å²) in [5.74, 6) is 0.212. The predicted octanol–water partition coefficient (Wildman–Crippen LogP) is 3.99. The van der Waals surface area contributed by atoms with Crippen LogP contribution >= 0.6 is 22.6 Å². The van der Waals surface area contributed by atoms with Crippen molar-refractivity contribution >= 4 is 55.2 Å². The number of amides is 1. The van der Waals surface area contributed by atoms with Crippen LogP contribution in [0.25, 0.3) is 11.0 Å². The highest BCUT2D eigenvalue weighted by Crippen LogP contribution is 2.29. The monoisotopic (exact) mass is 709 g/mol. The van der Waals surface area contributed by atoms with Gasteiger partial charge in [0.05, 0.1) is 23.0 Å². The highest BCUT2D eigenvalue weighted by Gasteiger charge is 2.35. The lowest BCUT2D eigenvalue weighted by atomic mass is 10.0. The molecule has 1 saturated heterocycles. The summed E-state index contributed by atoms with van der Waals surface area (Å²) in [7, 11) is -2.84. The maximum absolute atomic E-state index is 14.4. The summed E-state index contributed by atoms with van der Waals surface area (Å²) in [5.41, 5.74) is 1.35. The van der Waals surface area contributed by atoms with Crippen molar-refractivity contribution in [3.63, 3.8) is 0 Å². The molecule has 1 fully saturated rings. The molecule has 0 N–H and O–H groups in total. The third-order valence-electron chi connectivity index (χ3n) is 7.62. The molecule has 3 aromatic carbocycles. The minimum atomic E-state index is -4.33. The zero-order valence-electron chi connectivity index (χ0n) is 23.2.